The largest absolute Gasteiger partial charge is 0.484 e. The van der Waals surface area contributed by atoms with E-state index in [0.29, 0.717) is 27.9 Å². The van der Waals surface area contributed by atoms with Gasteiger partial charge in [-0.05, 0) is 49.8 Å². The van der Waals surface area contributed by atoms with Crippen LogP contribution in [0.25, 0.3) is 0 Å². The van der Waals surface area contributed by atoms with E-state index in [9.17, 15) is 9.59 Å². The second kappa shape index (κ2) is 6.78. The fraction of sp³-hybridized carbons (Fsp3) is 0.450. The number of nitrogens with zero attached hydrogens (tertiary/aromatic N) is 2. The normalized spacial score (nSPS) is 24.9. The Balaban J connectivity index is 1.25. The fourth-order valence-corrected chi connectivity index (χ4v) is 4.96. The third-order valence-corrected chi connectivity index (χ3v) is 6.37. The SMILES string of the molecule is Cc1cc(C(=O)CC23CC(NC(=O)COc4ccc(Cl)c(Cl)c4)(C2)C3)n(C)n1. The topological polar surface area (TPSA) is 73.2 Å². The van der Waals surface area contributed by atoms with Crippen molar-refractivity contribution in [1.82, 2.24) is 15.1 Å². The molecule has 148 valence electrons. The predicted molar refractivity (Wildman–Crippen MR) is 106 cm³/mol. The average molecular weight is 422 g/mol. The molecule has 3 aliphatic carbocycles. The van der Waals surface area contributed by atoms with Gasteiger partial charge in [-0.1, -0.05) is 23.2 Å². The summed E-state index contributed by atoms with van der Waals surface area (Å²) in [6, 6.07) is 6.71. The molecule has 1 amide bonds. The lowest BCUT2D eigenvalue weighted by Gasteiger charge is -2.70. The molecule has 0 saturated heterocycles. The van der Waals surface area contributed by atoms with Gasteiger partial charge in [0.1, 0.15) is 11.4 Å². The number of benzene rings is 1. The standard InChI is InChI=1S/C20H21Cl2N3O3/c1-12-5-16(25(2)24-12)17(26)7-19-9-20(10-19,11-19)23-18(27)8-28-13-3-4-14(21)15(22)6-13/h3-6H,7-11H2,1-2H3,(H,23,27). The molecule has 3 fully saturated rings. The smallest absolute Gasteiger partial charge is 0.258 e. The molecule has 0 radical (unpaired) electrons. The number of amides is 1. The fourth-order valence-electron chi connectivity index (χ4n) is 4.67. The molecule has 3 saturated carbocycles. The molecule has 28 heavy (non-hydrogen) atoms. The Hall–Kier alpha value is -2.05. The number of ketones is 1. The maximum atomic E-state index is 12.6. The summed E-state index contributed by atoms with van der Waals surface area (Å²) in [6.07, 6.45) is 3.01. The van der Waals surface area contributed by atoms with Gasteiger partial charge < -0.3 is 10.1 Å². The van der Waals surface area contributed by atoms with Crippen LogP contribution in [0.1, 0.15) is 41.9 Å². The van der Waals surface area contributed by atoms with Crippen molar-refractivity contribution in [3.63, 3.8) is 0 Å². The Morgan fingerprint density at radius 1 is 1.21 bits per heavy atom. The number of aromatic nitrogens is 2. The van der Waals surface area contributed by atoms with Crippen molar-refractivity contribution >= 4 is 34.9 Å². The molecule has 1 heterocycles. The molecular formula is C20H21Cl2N3O3. The van der Waals surface area contributed by atoms with E-state index in [0.717, 1.165) is 25.0 Å². The highest BCUT2D eigenvalue weighted by atomic mass is 35.5. The van der Waals surface area contributed by atoms with Gasteiger partial charge >= 0.3 is 0 Å². The summed E-state index contributed by atoms with van der Waals surface area (Å²) >= 11 is 11.8. The molecule has 2 aromatic rings. The summed E-state index contributed by atoms with van der Waals surface area (Å²) in [6.45, 7) is 1.79. The number of rotatable bonds is 7. The van der Waals surface area contributed by atoms with E-state index in [4.69, 9.17) is 27.9 Å². The quantitative estimate of drug-likeness (QED) is 0.691. The molecule has 1 N–H and O–H groups in total. The van der Waals surface area contributed by atoms with Gasteiger partial charge in [0.15, 0.2) is 12.4 Å². The van der Waals surface area contributed by atoms with E-state index in [1.54, 1.807) is 29.9 Å². The first kappa shape index (κ1) is 19.3. The van der Waals surface area contributed by atoms with Gasteiger partial charge in [-0.15, -0.1) is 0 Å². The van der Waals surface area contributed by atoms with Crippen LogP contribution in [0.3, 0.4) is 0 Å². The number of hydrogen-bond donors (Lipinski definition) is 1. The van der Waals surface area contributed by atoms with Gasteiger partial charge in [-0.25, -0.2) is 0 Å². The van der Waals surface area contributed by atoms with Crippen molar-refractivity contribution in [2.45, 2.75) is 38.1 Å². The monoisotopic (exact) mass is 421 g/mol. The molecule has 5 rings (SSSR count). The molecule has 0 aliphatic heterocycles. The number of aryl methyl sites for hydroxylation is 2. The lowest BCUT2D eigenvalue weighted by molar-refractivity contribution is -0.164. The zero-order chi connectivity index (χ0) is 20.1. The first-order valence-electron chi connectivity index (χ1n) is 9.12. The van der Waals surface area contributed by atoms with Crippen LogP contribution >= 0.6 is 23.2 Å². The van der Waals surface area contributed by atoms with E-state index in [1.807, 2.05) is 13.0 Å². The van der Waals surface area contributed by atoms with E-state index in [1.165, 1.54) is 0 Å². The molecule has 3 aliphatic rings. The minimum atomic E-state index is -0.180. The maximum Gasteiger partial charge on any atom is 0.258 e. The Kier molecular flexibility index (Phi) is 4.67. The van der Waals surface area contributed by atoms with Crippen molar-refractivity contribution < 1.29 is 14.3 Å². The lowest BCUT2D eigenvalue weighted by Crippen LogP contribution is -2.75. The van der Waals surface area contributed by atoms with Crippen molar-refractivity contribution in [3.05, 3.63) is 45.7 Å². The maximum absolute atomic E-state index is 12.6. The van der Waals surface area contributed by atoms with Gasteiger partial charge in [-0.2, -0.15) is 5.10 Å². The van der Waals surface area contributed by atoms with Crippen molar-refractivity contribution in [2.24, 2.45) is 12.5 Å². The summed E-state index contributed by atoms with van der Waals surface area (Å²) in [5.41, 5.74) is 1.33. The second-order valence-corrected chi connectivity index (χ2v) is 8.93. The van der Waals surface area contributed by atoms with Crippen LogP contribution in [0.15, 0.2) is 24.3 Å². The molecule has 0 unspecified atom stereocenters. The Morgan fingerprint density at radius 2 is 1.93 bits per heavy atom. The van der Waals surface area contributed by atoms with Gasteiger partial charge in [0, 0.05) is 25.1 Å². The third-order valence-electron chi connectivity index (χ3n) is 5.63. The summed E-state index contributed by atoms with van der Waals surface area (Å²) in [7, 11) is 1.79. The number of nitrogens with one attached hydrogen (secondary N) is 1. The van der Waals surface area contributed by atoms with Crippen molar-refractivity contribution in [2.75, 3.05) is 6.61 Å². The Labute approximate surface area is 173 Å². The summed E-state index contributed by atoms with van der Waals surface area (Å²) in [5, 5.41) is 8.12. The highest BCUT2D eigenvalue weighted by Crippen LogP contribution is 2.69. The van der Waals surface area contributed by atoms with Crippen LogP contribution in [-0.4, -0.2) is 33.6 Å². The molecule has 1 aromatic carbocycles. The number of halogens is 2. The highest BCUT2D eigenvalue weighted by Gasteiger charge is 2.68. The van der Waals surface area contributed by atoms with E-state index in [2.05, 4.69) is 10.4 Å². The molecular weight excluding hydrogens is 401 g/mol. The van der Waals surface area contributed by atoms with Crippen molar-refractivity contribution in [3.8, 4) is 5.75 Å². The molecule has 2 bridgehead atoms. The Bertz CT molecular complexity index is 950. The van der Waals surface area contributed by atoms with E-state index < -0.39 is 0 Å². The molecule has 1 aromatic heterocycles. The molecule has 0 atom stereocenters. The number of carbonyl (C=O) groups is 2. The average Bonchev–Trinajstić information content (AvgIpc) is 2.91. The minimum Gasteiger partial charge on any atom is -0.484 e. The second-order valence-electron chi connectivity index (χ2n) is 8.12. The predicted octanol–water partition coefficient (Wildman–Crippen LogP) is 3.73. The minimum absolute atomic E-state index is 0.0209. The number of hydrogen-bond acceptors (Lipinski definition) is 4. The summed E-state index contributed by atoms with van der Waals surface area (Å²) < 4.78 is 7.12. The first-order valence-corrected chi connectivity index (χ1v) is 9.88. The third kappa shape index (κ3) is 3.51. The van der Waals surface area contributed by atoms with Crippen LogP contribution in [0.4, 0.5) is 0 Å². The summed E-state index contributed by atoms with van der Waals surface area (Å²) in [4.78, 5) is 24.8. The zero-order valence-electron chi connectivity index (χ0n) is 15.7. The van der Waals surface area contributed by atoms with Crippen LogP contribution in [-0.2, 0) is 11.8 Å². The number of ether oxygens (including phenoxy) is 1. The van der Waals surface area contributed by atoms with E-state index >= 15 is 0 Å². The first-order chi connectivity index (χ1) is 13.2. The van der Waals surface area contributed by atoms with Gasteiger partial charge in [0.05, 0.1) is 15.7 Å². The van der Waals surface area contributed by atoms with Gasteiger partial charge in [-0.3, -0.25) is 14.3 Å². The highest BCUT2D eigenvalue weighted by molar-refractivity contribution is 6.42. The van der Waals surface area contributed by atoms with Gasteiger partial charge in [0.25, 0.3) is 5.91 Å². The molecule has 0 spiro atoms. The number of Topliss-reactive ketones (excluding diaryl/α,β-unsaturated/α-hetero) is 1. The zero-order valence-corrected chi connectivity index (χ0v) is 17.2. The van der Waals surface area contributed by atoms with Crippen molar-refractivity contribution in [1.29, 1.82) is 0 Å². The molecule has 8 heteroatoms. The Morgan fingerprint density at radius 3 is 2.54 bits per heavy atom. The molecule has 6 nitrogen and oxygen atoms in total. The van der Waals surface area contributed by atoms with Gasteiger partial charge in [0.2, 0.25) is 0 Å². The van der Waals surface area contributed by atoms with Crippen LogP contribution in [0, 0.1) is 12.3 Å². The van der Waals surface area contributed by atoms with Crippen LogP contribution in [0.2, 0.25) is 10.0 Å². The van der Waals surface area contributed by atoms with Crippen LogP contribution < -0.4 is 10.1 Å². The van der Waals surface area contributed by atoms with Crippen LogP contribution in [0.5, 0.6) is 5.75 Å². The lowest BCUT2D eigenvalue weighted by atomic mass is 9.38. The summed E-state index contributed by atoms with van der Waals surface area (Å²) in [5.74, 6) is 0.439. The van der Waals surface area contributed by atoms with E-state index in [-0.39, 0.29) is 29.3 Å². The number of carbonyl (C=O) groups excluding carboxylic acids is 2.